The van der Waals surface area contributed by atoms with E-state index in [0.717, 1.165) is 54.5 Å². The second-order valence-corrected chi connectivity index (χ2v) is 6.50. The quantitative estimate of drug-likeness (QED) is 0.398. The summed E-state index contributed by atoms with van der Waals surface area (Å²) in [5.74, 6) is 2.66. The molecule has 0 atom stereocenters. The van der Waals surface area contributed by atoms with Gasteiger partial charge in [0.2, 0.25) is 0 Å². The molecule has 0 aromatic heterocycles. The average Bonchev–Trinajstić information content (AvgIpc) is 2.70. The van der Waals surface area contributed by atoms with E-state index in [1.807, 2.05) is 45.0 Å². The summed E-state index contributed by atoms with van der Waals surface area (Å²) in [5, 5.41) is 16.2. The molecule has 2 aromatic rings. The van der Waals surface area contributed by atoms with E-state index in [9.17, 15) is 5.11 Å². The zero-order valence-electron chi connectivity index (χ0n) is 17.7. The third-order valence-corrected chi connectivity index (χ3v) is 4.24. The first-order valence-corrected chi connectivity index (χ1v) is 10.3. The number of ether oxygens (including phenoxy) is 2. The molecule has 158 valence electrons. The summed E-state index contributed by atoms with van der Waals surface area (Å²) >= 11 is 0. The summed E-state index contributed by atoms with van der Waals surface area (Å²) in [4.78, 5) is 4.66. The maximum atomic E-state index is 9.56. The number of phenolic OH excluding ortho intramolecular Hbond substituents is 1. The fourth-order valence-electron chi connectivity index (χ4n) is 2.93. The van der Waals surface area contributed by atoms with Gasteiger partial charge in [0.25, 0.3) is 0 Å². The third-order valence-electron chi connectivity index (χ3n) is 4.24. The molecule has 0 bridgehead atoms. The van der Waals surface area contributed by atoms with Gasteiger partial charge in [0, 0.05) is 19.6 Å². The molecule has 2 rings (SSSR count). The van der Waals surface area contributed by atoms with E-state index in [0.29, 0.717) is 25.5 Å². The minimum atomic E-state index is 0.296. The molecule has 0 amide bonds. The number of phenols is 1. The number of hydrogen-bond acceptors (Lipinski definition) is 4. The molecule has 6 nitrogen and oxygen atoms in total. The van der Waals surface area contributed by atoms with Gasteiger partial charge in [-0.05, 0) is 69.0 Å². The number of rotatable bonds is 11. The Morgan fingerprint density at radius 2 is 1.66 bits per heavy atom. The standard InChI is InChI=1S/C23H33N3O3/c1-4-24-23(25-14-12-18-8-7-9-20(27)16-18)26-15-13-19-10-11-21(28-5-2)22(17-19)29-6-3/h7-11,16-17,27H,4-6,12-15H2,1-3H3,(H2,24,25,26). The van der Waals surface area contributed by atoms with Crippen LogP contribution in [0.4, 0.5) is 0 Å². The maximum Gasteiger partial charge on any atom is 0.191 e. The highest BCUT2D eigenvalue weighted by atomic mass is 16.5. The summed E-state index contributed by atoms with van der Waals surface area (Å²) in [6, 6.07) is 13.4. The lowest BCUT2D eigenvalue weighted by molar-refractivity contribution is 0.287. The number of nitrogens with zero attached hydrogens (tertiary/aromatic N) is 1. The number of benzene rings is 2. The highest BCUT2D eigenvalue weighted by molar-refractivity contribution is 5.79. The van der Waals surface area contributed by atoms with Gasteiger partial charge in [0.05, 0.1) is 13.2 Å². The van der Waals surface area contributed by atoms with Gasteiger partial charge in [-0.25, -0.2) is 0 Å². The fourth-order valence-corrected chi connectivity index (χ4v) is 2.93. The van der Waals surface area contributed by atoms with Crippen LogP contribution in [0.1, 0.15) is 31.9 Å². The summed E-state index contributed by atoms with van der Waals surface area (Å²) in [6.07, 6.45) is 1.63. The van der Waals surface area contributed by atoms with E-state index < -0.39 is 0 Å². The number of hydrogen-bond donors (Lipinski definition) is 3. The van der Waals surface area contributed by atoms with E-state index in [-0.39, 0.29) is 0 Å². The second kappa shape index (κ2) is 12.5. The summed E-state index contributed by atoms with van der Waals surface area (Å²) in [5.41, 5.74) is 2.25. The maximum absolute atomic E-state index is 9.56. The molecular formula is C23H33N3O3. The molecule has 0 spiro atoms. The van der Waals surface area contributed by atoms with Crippen LogP contribution in [0.15, 0.2) is 47.5 Å². The molecule has 3 N–H and O–H groups in total. The lowest BCUT2D eigenvalue weighted by atomic mass is 10.1. The first-order chi connectivity index (χ1) is 14.2. The van der Waals surface area contributed by atoms with Crippen molar-refractivity contribution in [3.05, 3.63) is 53.6 Å². The molecule has 0 heterocycles. The van der Waals surface area contributed by atoms with Crippen LogP contribution in [0.25, 0.3) is 0 Å². The van der Waals surface area contributed by atoms with Crippen molar-refractivity contribution < 1.29 is 14.6 Å². The first-order valence-electron chi connectivity index (χ1n) is 10.3. The Bertz CT molecular complexity index is 778. The Morgan fingerprint density at radius 1 is 0.897 bits per heavy atom. The van der Waals surface area contributed by atoms with Crippen LogP contribution in [0.3, 0.4) is 0 Å². The van der Waals surface area contributed by atoms with Crippen molar-refractivity contribution in [1.82, 2.24) is 10.6 Å². The van der Waals surface area contributed by atoms with Gasteiger partial charge in [0.1, 0.15) is 5.75 Å². The molecular weight excluding hydrogens is 366 g/mol. The predicted octanol–water partition coefficient (Wildman–Crippen LogP) is 3.53. The van der Waals surface area contributed by atoms with Crippen molar-refractivity contribution in [1.29, 1.82) is 0 Å². The van der Waals surface area contributed by atoms with E-state index in [2.05, 4.69) is 21.7 Å². The molecule has 0 unspecified atom stereocenters. The van der Waals surface area contributed by atoms with Gasteiger partial charge in [-0.3, -0.25) is 4.99 Å². The van der Waals surface area contributed by atoms with Crippen LogP contribution in [-0.2, 0) is 12.8 Å². The normalized spacial score (nSPS) is 11.2. The number of nitrogens with one attached hydrogen (secondary N) is 2. The van der Waals surface area contributed by atoms with Gasteiger partial charge in [-0.1, -0.05) is 18.2 Å². The van der Waals surface area contributed by atoms with Crippen molar-refractivity contribution >= 4 is 5.96 Å². The fraction of sp³-hybridized carbons (Fsp3) is 0.435. The minimum absolute atomic E-state index is 0.296. The topological polar surface area (TPSA) is 75.1 Å². The number of aliphatic imine (C=N–C) groups is 1. The lowest BCUT2D eigenvalue weighted by Gasteiger charge is -2.13. The highest BCUT2D eigenvalue weighted by Crippen LogP contribution is 2.28. The average molecular weight is 400 g/mol. The van der Waals surface area contributed by atoms with Gasteiger partial charge in [-0.15, -0.1) is 0 Å². The molecule has 6 heteroatoms. The Morgan fingerprint density at radius 3 is 2.38 bits per heavy atom. The number of aromatic hydroxyl groups is 1. The lowest BCUT2D eigenvalue weighted by Crippen LogP contribution is -2.38. The monoisotopic (exact) mass is 399 g/mol. The van der Waals surface area contributed by atoms with Crippen LogP contribution in [0.5, 0.6) is 17.2 Å². The molecule has 2 aromatic carbocycles. The molecule has 0 radical (unpaired) electrons. The molecule has 0 aliphatic rings. The Balaban J connectivity index is 1.89. The smallest absolute Gasteiger partial charge is 0.191 e. The molecule has 0 saturated heterocycles. The van der Waals surface area contributed by atoms with E-state index in [4.69, 9.17) is 9.47 Å². The summed E-state index contributed by atoms with van der Waals surface area (Å²) < 4.78 is 11.3. The van der Waals surface area contributed by atoms with Crippen LogP contribution in [-0.4, -0.2) is 43.9 Å². The van der Waals surface area contributed by atoms with Gasteiger partial charge < -0.3 is 25.2 Å². The zero-order chi connectivity index (χ0) is 20.9. The van der Waals surface area contributed by atoms with E-state index in [1.54, 1.807) is 12.1 Å². The Labute approximate surface area is 174 Å². The predicted molar refractivity (Wildman–Crippen MR) is 118 cm³/mol. The van der Waals surface area contributed by atoms with Gasteiger partial charge in [-0.2, -0.15) is 0 Å². The van der Waals surface area contributed by atoms with Crippen LogP contribution in [0.2, 0.25) is 0 Å². The molecule has 0 aliphatic heterocycles. The zero-order valence-corrected chi connectivity index (χ0v) is 17.7. The van der Waals surface area contributed by atoms with Crippen LogP contribution < -0.4 is 20.1 Å². The van der Waals surface area contributed by atoms with E-state index in [1.165, 1.54) is 0 Å². The molecule has 0 fully saturated rings. The van der Waals surface area contributed by atoms with Gasteiger partial charge in [0.15, 0.2) is 17.5 Å². The first kappa shape index (κ1) is 22.4. The Kier molecular flexibility index (Phi) is 9.69. The SMILES string of the molecule is CCNC(=NCCc1ccc(OCC)c(OCC)c1)NCCc1cccc(O)c1. The number of guanidine groups is 1. The molecule has 29 heavy (non-hydrogen) atoms. The van der Waals surface area contributed by atoms with Crippen molar-refractivity contribution in [2.45, 2.75) is 33.6 Å². The van der Waals surface area contributed by atoms with Gasteiger partial charge >= 0.3 is 0 Å². The van der Waals surface area contributed by atoms with Crippen molar-refractivity contribution in [3.63, 3.8) is 0 Å². The second-order valence-electron chi connectivity index (χ2n) is 6.50. The van der Waals surface area contributed by atoms with Crippen LogP contribution >= 0.6 is 0 Å². The molecule has 0 saturated carbocycles. The summed E-state index contributed by atoms with van der Waals surface area (Å²) in [6.45, 7) is 9.42. The Hall–Kier alpha value is -2.89. The minimum Gasteiger partial charge on any atom is -0.508 e. The van der Waals surface area contributed by atoms with Crippen molar-refractivity contribution in [3.8, 4) is 17.2 Å². The summed E-state index contributed by atoms with van der Waals surface area (Å²) in [7, 11) is 0. The van der Waals surface area contributed by atoms with Crippen molar-refractivity contribution in [2.75, 3.05) is 32.8 Å². The van der Waals surface area contributed by atoms with Crippen molar-refractivity contribution in [2.24, 2.45) is 4.99 Å². The largest absolute Gasteiger partial charge is 0.508 e. The van der Waals surface area contributed by atoms with Crippen LogP contribution in [0, 0.1) is 0 Å². The highest BCUT2D eigenvalue weighted by Gasteiger charge is 2.06. The molecule has 0 aliphatic carbocycles. The third kappa shape index (κ3) is 7.94. The van der Waals surface area contributed by atoms with E-state index >= 15 is 0 Å².